The molecule has 270 valence electrons. The van der Waals surface area contributed by atoms with Gasteiger partial charge < -0.3 is 24.1 Å². The molecule has 0 bridgehead atoms. The lowest BCUT2D eigenvalue weighted by atomic mass is 9.46. The molecular weight excluding hydrogens is 640 g/mol. The van der Waals surface area contributed by atoms with Crippen LogP contribution in [-0.2, 0) is 47.8 Å². The minimum atomic E-state index is -1.72. The number of ketones is 2. The summed E-state index contributed by atoms with van der Waals surface area (Å²) in [7, 11) is 0. The molecule has 4 aliphatic carbocycles. The predicted molar refractivity (Wildman–Crippen MR) is 156 cm³/mol. The highest BCUT2D eigenvalue weighted by molar-refractivity contribution is 6.01. The van der Waals surface area contributed by atoms with E-state index in [0.717, 1.165) is 5.57 Å². The molecule has 0 heterocycles. The molecule has 0 radical (unpaired) electrons. The van der Waals surface area contributed by atoms with E-state index in [-0.39, 0.29) is 82.3 Å². The van der Waals surface area contributed by atoms with E-state index >= 15 is 0 Å². The molecule has 5 N–H and O–H groups in total. The summed E-state index contributed by atoms with van der Waals surface area (Å²) in [4.78, 5) is 60.8. The number of hydrogen-bond acceptors (Lipinski definition) is 17. The first-order valence-electron chi connectivity index (χ1n) is 16.0. The number of esters is 2. The average Bonchev–Trinajstić information content (AvgIpc) is 3.31. The Morgan fingerprint density at radius 1 is 0.917 bits per heavy atom. The fourth-order valence-electron chi connectivity index (χ4n) is 8.46. The second kappa shape index (κ2) is 16.4. The second-order valence-electron chi connectivity index (χ2n) is 13.1. The zero-order valence-corrected chi connectivity index (χ0v) is 27.2. The summed E-state index contributed by atoms with van der Waals surface area (Å²) < 4.78 is 21.7. The molecule has 3 saturated carbocycles. The van der Waals surface area contributed by atoms with Crippen molar-refractivity contribution in [3.63, 3.8) is 0 Å². The van der Waals surface area contributed by atoms with Crippen LogP contribution in [0.2, 0.25) is 0 Å². The molecule has 7 atom stereocenters. The van der Waals surface area contributed by atoms with Gasteiger partial charge in [-0.05, 0) is 62.5 Å². The lowest BCUT2D eigenvalue weighted by molar-refractivity contribution is -0.493. The monoisotopic (exact) mass is 686 g/mol. The maximum Gasteiger partial charge on any atom is 0.332 e. The van der Waals surface area contributed by atoms with Gasteiger partial charge in [-0.3, -0.25) is 40.1 Å². The summed E-state index contributed by atoms with van der Waals surface area (Å²) in [6, 6.07) is 0. The van der Waals surface area contributed by atoms with Gasteiger partial charge in [-0.1, -0.05) is 25.5 Å². The molecule has 4 rings (SSSR count). The van der Waals surface area contributed by atoms with Crippen molar-refractivity contribution in [1.82, 2.24) is 10.8 Å². The molecule has 0 aromatic heterocycles. The van der Waals surface area contributed by atoms with Gasteiger partial charge in [-0.25, -0.2) is 9.63 Å². The molecule has 0 aromatic carbocycles. The Bertz CT molecular complexity index is 1240. The molecule has 0 aromatic rings. The topological polar surface area (TPSA) is 231 Å². The highest BCUT2D eigenvalue weighted by Gasteiger charge is 2.70. The first-order valence-corrected chi connectivity index (χ1v) is 16.0. The van der Waals surface area contributed by atoms with Crippen LogP contribution in [0.3, 0.4) is 0 Å². The van der Waals surface area contributed by atoms with Crippen molar-refractivity contribution in [1.29, 1.82) is 0 Å². The van der Waals surface area contributed by atoms with Crippen LogP contribution in [0.4, 0.5) is 0 Å². The van der Waals surface area contributed by atoms with E-state index in [4.69, 9.17) is 39.8 Å². The Labute approximate surface area is 277 Å². The molecule has 2 unspecified atom stereocenters. The molecule has 17 nitrogen and oxygen atoms in total. The first-order chi connectivity index (χ1) is 22.7. The number of aliphatic hydroxyl groups is 1. The van der Waals surface area contributed by atoms with Crippen LogP contribution in [0.1, 0.15) is 58.8 Å². The number of ether oxygens (including phenoxy) is 4. The lowest BCUT2D eigenvalue weighted by Crippen LogP contribution is -2.63. The van der Waals surface area contributed by atoms with E-state index in [1.54, 1.807) is 6.08 Å². The van der Waals surface area contributed by atoms with Gasteiger partial charge in [-0.2, -0.15) is 0 Å². The Kier molecular flexibility index (Phi) is 13.0. The predicted octanol–water partition coefficient (Wildman–Crippen LogP) is 1.50. The molecule has 0 spiro atoms. The van der Waals surface area contributed by atoms with Crippen LogP contribution in [-0.4, -0.2) is 118 Å². The molecule has 48 heavy (non-hydrogen) atoms. The molecule has 0 saturated heterocycles. The largest absolute Gasteiger partial charge is 0.456 e. The molecule has 0 aliphatic heterocycles. The van der Waals surface area contributed by atoms with Crippen LogP contribution >= 0.6 is 0 Å². The van der Waals surface area contributed by atoms with E-state index in [9.17, 15) is 24.3 Å². The van der Waals surface area contributed by atoms with Crippen molar-refractivity contribution in [2.75, 3.05) is 46.2 Å². The van der Waals surface area contributed by atoms with E-state index in [1.165, 1.54) is 6.08 Å². The summed E-state index contributed by atoms with van der Waals surface area (Å²) in [6.45, 7) is 2.44. The SMILES string of the molecule is C[C@]12C=CC(=O)C=C1CCC1C3CC[C@](OC(=O)CCCON(O)O)(C(=O)COC(=O)COCCOCCON(O)O)[C@@]3(C)C[C@H](O)[C@@H]12. The maximum absolute atomic E-state index is 14.1. The highest BCUT2D eigenvalue weighted by atomic mass is 17.1. The van der Waals surface area contributed by atoms with Crippen molar-refractivity contribution >= 4 is 23.5 Å². The number of hydrogen-bond donors (Lipinski definition) is 5. The van der Waals surface area contributed by atoms with Crippen molar-refractivity contribution in [2.24, 2.45) is 28.6 Å². The van der Waals surface area contributed by atoms with Crippen LogP contribution in [0.5, 0.6) is 0 Å². The molecule has 4 aliphatic rings. The van der Waals surface area contributed by atoms with Crippen molar-refractivity contribution < 1.29 is 73.7 Å². The Morgan fingerprint density at radius 3 is 2.33 bits per heavy atom. The quantitative estimate of drug-likeness (QED) is 0.0781. The maximum atomic E-state index is 14.1. The fraction of sp³-hybridized carbons (Fsp3) is 0.742. The number of allylic oxidation sites excluding steroid dienone is 4. The second-order valence-corrected chi connectivity index (χ2v) is 13.1. The standard InChI is InChI=1S/C31H46N2O15/c1-29-9-7-21(34)16-20(29)5-6-22-23-8-10-31(30(23,2)17-24(35)28(22)29,48-26(37)4-3-11-46-32(39)40)25(36)18-45-27(38)19-44-13-12-43-14-15-47-33(41)42/h7,9,16,22-24,28,35,39-42H,3-6,8,10-15,17-19H2,1-2H3/t22?,23?,24-,28+,29-,30-,31-/m0/s1. The van der Waals surface area contributed by atoms with Gasteiger partial charge in [0.1, 0.15) is 6.61 Å². The zero-order chi connectivity index (χ0) is 35.1. The van der Waals surface area contributed by atoms with Gasteiger partial charge in [0.15, 0.2) is 18.0 Å². The summed E-state index contributed by atoms with van der Waals surface area (Å²) in [5.41, 5.74) is -2.28. The number of nitrogens with zero attached hydrogens (tertiary/aromatic N) is 2. The molecule has 0 amide bonds. The normalized spacial score (nSPS) is 32.4. The van der Waals surface area contributed by atoms with Crippen molar-refractivity contribution in [2.45, 2.75) is 70.5 Å². The first kappa shape index (κ1) is 38.1. The van der Waals surface area contributed by atoms with Gasteiger partial charge in [0.05, 0.1) is 49.9 Å². The number of Topliss-reactive ketones (excluding diaryl/α,β-unsaturated/α-hetero) is 1. The Hall–Kier alpha value is -2.68. The van der Waals surface area contributed by atoms with Crippen molar-refractivity contribution in [3.05, 3.63) is 23.8 Å². The highest BCUT2D eigenvalue weighted by Crippen LogP contribution is 2.68. The van der Waals surface area contributed by atoms with Crippen molar-refractivity contribution in [3.8, 4) is 0 Å². The summed E-state index contributed by atoms with van der Waals surface area (Å²) >= 11 is 0. The average molecular weight is 687 g/mol. The molecule has 17 heteroatoms. The smallest absolute Gasteiger partial charge is 0.332 e. The third-order valence-corrected chi connectivity index (χ3v) is 10.5. The van der Waals surface area contributed by atoms with Crippen LogP contribution in [0, 0.1) is 28.6 Å². The summed E-state index contributed by atoms with van der Waals surface area (Å²) in [5, 5.41) is 45.3. The van der Waals surface area contributed by atoms with Gasteiger partial charge in [0.2, 0.25) is 5.78 Å². The summed E-state index contributed by atoms with van der Waals surface area (Å²) in [6.07, 6.45) is 6.17. The number of carbonyl (C=O) groups is 4. The number of fused-ring (bicyclic) bond motifs is 5. The van der Waals surface area contributed by atoms with E-state index in [0.29, 0.717) is 19.3 Å². The van der Waals surface area contributed by atoms with Crippen LogP contribution < -0.4 is 0 Å². The minimum absolute atomic E-state index is 0.0000357. The molecular formula is C31H46N2O15. The number of aliphatic hydroxyl groups excluding tert-OH is 1. The Balaban J connectivity index is 1.44. The summed E-state index contributed by atoms with van der Waals surface area (Å²) in [5.74, 6) is -2.66. The van der Waals surface area contributed by atoms with Crippen LogP contribution in [0.15, 0.2) is 23.8 Å². The van der Waals surface area contributed by atoms with Crippen LogP contribution in [0.25, 0.3) is 0 Å². The van der Waals surface area contributed by atoms with E-state index < -0.39 is 64.3 Å². The minimum Gasteiger partial charge on any atom is -0.456 e. The van der Waals surface area contributed by atoms with Gasteiger partial charge in [0, 0.05) is 23.2 Å². The van der Waals surface area contributed by atoms with Gasteiger partial charge in [0.25, 0.3) is 0 Å². The zero-order valence-electron chi connectivity index (χ0n) is 27.2. The fourth-order valence-corrected chi connectivity index (χ4v) is 8.46. The van der Waals surface area contributed by atoms with Gasteiger partial charge in [-0.15, -0.1) is 0 Å². The Morgan fingerprint density at radius 2 is 1.60 bits per heavy atom. The van der Waals surface area contributed by atoms with Gasteiger partial charge >= 0.3 is 11.9 Å². The lowest BCUT2D eigenvalue weighted by Gasteiger charge is -2.59. The number of rotatable bonds is 18. The van der Waals surface area contributed by atoms with E-state index in [1.807, 2.05) is 19.9 Å². The van der Waals surface area contributed by atoms with E-state index in [2.05, 4.69) is 9.68 Å². The number of carbonyl (C=O) groups excluding carboxylic acids is 4. The molecule has 3 fully saturated rings. The third-order valence-electron chi connectivity index (χ3n) is 10.5. The third kappa shape index (κ3) is 8.36.